The van der Waals surface area contributed by atoms with E-state index < -0.39 is 29.2 Å². The van der Waals surface area contributed by atoms with Gasteiger partial charge in [-0.25, -0.2) is 4.39 Å². The van der Waals surface area contributed by atoms with Crippen LogP contribution in [0.15, 0.2) is 60.0 Å². The van der Waals surface area contributed by atoms with Gasteiger partial charge in [-0.3, -0.25) is 14.5 Å². The quantitative estimate of drug-likeness (QED) is 0.688. The number of aromatic nitrogens is 2. The fraction of sp³-hybridized carbons (Fsp3) is 0.238. The maximum absolute atomic E-state index is 14.8. The first-order valence-electron chi connectivity index (χ1n) is 9.00. The lowest BCUT2D eigenvalue weighted by molar-refractivity contribution is -0.123. The lowest BCUT2D eigenvalue weighted by atomic mass is 10.0. The zero-order valence-electron chi connectivity index (χ0n) is 16.3. The van der Waals surface area contributed by atoms with Crippen LogP contribution in [0.5, 0.6) is 0 Å². The topological polar surface area (TPSA) is 75.2 Å². The number of halogens is 1. The fourth-order valence-electron chi connectivity index (χ4n) is 2.89. The predicted molar refractivity (Wildman–Crippen MR) is 110 cm³/mol. The Kier molecular flexibility index (Phi) is 6.03. The maximum atomic E-state index is 14.8. The molecule has 0 radical (unpaired) electrons. The molecule has 29 heavy (non-hydrogen) atoms. The Labute approximate surface area is 172 Å². The van der Waals surface area contributed by atoms with Gasteiger partial charge >= 0.3 is 0 Å². The van der Waals surface area contributed by atoms with E-state index in [0.29, 0.717) is 5.56 Å². The molecule has 3 rings (SSSR count). The number of anilines is 1. The van der Waals surface area contributed by atoms with Gasteiger partial charge in [0.2, 0.25) is 5.91 Å². The van der Waals surface area contributed by atoms with Crippen molar-refractivity contribution in [3.05, 3.63) is 77.1 Å². The van der Waals surface area contributed by atoms with Crippen molar-refractivity contribution in [2.75, 3.05) is 4.90 Å². The van der Waals surface area contributed by atoms with Crippen LogP contribution >= 0.6 is 11.5 Å². The van der Waals surface area contributed by atoms with Gasteiger partial charge in [0.1, 0.15) is 11.9 Å². The zero-order valence-corrected chi connectivity index (χ0v) is 17.1. The molecule has 6 nitrogen and oxygen atoms in total. The summed E-state index contributed by atoms with van der Waals surface area (Å²) >= 11 is 1.01. The molecule has 2 aromatic carbocycles. The minimum atomic E-state index is -1.10. The van der Waals surface area contributed by atoms with E-state index in [1.165, 1.54) is 23.6 Å². The Morgan fingerprint density at radius 2 is 1.72 bits per heavy atom. The standard InChI is InChI=1S/C21H21FN4O2S/c1-21(2,3)23-19(27)18(14-9-5-4-6-10-14)26(17-12-8-7-11-15(17)22)20(28)16-13-29-25-24-16/h4-13,18H,1-3H3,(H,23,27)/t18-/m1/s1. The van der Waals surface area contributed by atoms with Crippen molar-refractivity contribution in [1.82, 2.24) is 14.9 Å². The molecule has 1 heterocycles. The van der Waals surface area contributed by atoms with Crippen LogP contribution in [0, 0.1) is 5.82 Å². The fourth-order valence-corrected chi connectivity index (χ4v) is 3.32. The molecule has 0 fully saturated rings. The van der Waals surface area contributed by atoms with Crippen LogP contribution < -0.4 is 10.2 Å². The Morgan fingerprint density at radius 1 is 1.07 bits per heavy atom. The second-order valence-corrected chi connectivity index (χ2v) is 8.08. The molecule has 1 atom stereocenters. The highest BCUT2D eigenvalue weighted by Gasteiger charge is 2.36. The number of amides is 2. The van der Waals surface area contributed by atoms with Gasteiger partial charge in [-0.2, -0.15) is 0 Å². The van der Waals surface area contributed by atoms with Gasteiger partial charge in [0.25, 0.3) is 5.91 Å². The van der Waals surface area contributed by atoms with E-state index in [4.69, 9.17) is 0 Å². The Morgan fingerprint density at radius 3 is 2.31 bits per heavy atom. The third kappa shape index (κ3) is 4.83. The summed E-state index contributed by atoms with van der Waals surface area (Å²) in [5, 5.41) is 8.20. The number of hydrogen-bond donors (Lipinski definition) is 1. The first kappa shape index (κ1) is 20.6. The molecule has 3 aromatic rings. The molecule has 1 N–H and O–H groups in total. The van der Waals surface area contributed by atoms with Crippen LogP contribution in [0.4, 0.5) is 10.1 Å². The highest BCUT2D eigenvalue weighted by molar-refractivity contribution is 7.03. The highest BCUT2D eigenvalue weighted by atomic mass is 32.1. The third-order valence-electron chi connectivity index (χ3n) is 4.03. The summed E-state index contributed by atoms with van der Waals surface area (Å²) in [6.45, 7) is 5.52. The summed E-state index contributed by atoms with van der Waals surface area (Å²) < 4.78 is 18.5. The predicted octanol–water partition coefficient (Wildman–Crippen LogP) is 3.98. The van der Waals surface area contributed by atoms with Crippen molar-refractivity contribution in [2.45, 2.75) is 32.4 Å². The zero-order chi connectivity index (χ0) is 21.0. The highest BCUT2D eigenvalue weighted by Crippen LogP contribution is 2.31. The Bertz CT molecular complexity index is 987. The van der Waals surface area contributed by atoms with E-state index in [9.17, 15) is 14.0 Å². The first-order chi connectivity index (χ1) is 13.8. The van der Waals surface area contributed by atoms with Gasteiger partial charge in [-0.05, 0) is 50.0 Å². The third-order valence-corrected chi connectivity index (χ3v) is 4.53. The molecule has 150 valence electrons. The van der Waals surface area contributed by atoms with Crippen LogP contribution in [-0.4, -0.2) is 26.9 Å². The van der Waals surface area contributed by atoms with Gasteiger partial charge in [0.15, 0.2) is 5.69 Å². The minimum absolute atomic E-state index is 0.0107. The molecule has 2 amide bonds. The largest absolute Gasteiger partial charge is 0.349 e. The SMILES string of the molecule is CC(C)(C)NC(=O)[C@@H](c1ccccc1)N(C(=O)c1csnn1)c1ccccc1F. The van der Waals surface area contributed by atoms with Crippen LogP contribution in [0.25, 0.3) is 0 Å². The van der Waals surface area contributed by atoms with Crippen molar-refractivity contribution in [3.8, 4) is 0 Å². The number of carbonyl (C=O) groups is 2. The molecular formula is C21H21FN4O2S. The van der Waals surface area contributed by atoms with Gasteiger partial charge in [0, 0.05) is 10.9 Å². The Balaban J connectivity index is 2.18. The minimum Gasteiger partial charge on any atom is -0.349 e. The molecule has 0 saturated carbocycles. The summed E-state index contributed by atoms with van der Waals surface area (Å²) in [6.07, 6.45) is 0. The lowest BCUT2D eigenvalue weighted by Crippen LogP contribution is -2.49. The molecule has 0 aliphatic rings. The number of nitrogens with one attached hydrogen (secondary N) is 1. The van der Waals surface area contributed by atoms with Gasteiger partial charge in [-0.1, -0.05) is 47.0 Å². The summed E-state index contributed by atoms with van der Waals surface area (Å²) in [5.74, 6) is -1.65. The van der Waals surface area contributed by atoms with E-state index >= 15 is 0 Å². The number of para-hydroxylation sites is 1. The van der Waals surface area contributed by atoms with Crippen molar-refractivity contribution in [1.29, 1.82) is 0 Å². The lowest BCUT2D eigenvalue weighted by Gasteiger charge is -2.33. The summed E-state index contributed by atoms with van der Waals surface area (Å²) in [7, 11) is 0. The van der Waals surface area contributed by atoms with Gasteiger partial charge in [0.05, 0.1) is 5.69 Å². The average Bonchev–Trinajstić information content (AvgIpc) is 3.20. The first-order valence-corrected chi connectivity index (χ1v) is 9.84. The van der Waals surface area contributed by atoms with E-state index in [-0.39, 0.29) is 11.4 Å². The molecule has 0 unspecified atom stereocenters. The van der Waals surface area contributed by atoms with Gasteiger partial charge in [-0.15, -0.1) is 5.10 Å². The van der Waals surface area contributed by atoms with Crippen LogP contribution in [0.3, 0.4) is 0 Å². The molecule has 0 aliphatic carbocycles. The summed E-state index contributed by atoms with van der Waals surface area (Å²) in [6, 6.07) is 13.6. The van der Waals surface area contributed by atoms with Crippen LogP contribution in [0.1, 0.15) is 42.9 Å². The van der Waals surface area contributed by atoms with Crippen molar-refractivity contribution < 1.29 is 14.0 Å². The van der Waals surface area contributed by atoms with Crippen LogP contribution in [-0.2, 0) is 4.79 Å². The number of hydrogen-bond acceptors (Lipinski definition) is 5. The Hall–Kier alpha value is -3.13. The maximum Gasteiger partial charge on any atom is 0.280 e. The summed E-state index contributed by atoms with van der Waals surface area (Å²) in [4.78, 5) is 27.8. The van der Waals surface area contributed by atoms with E-state index in [2.05, 4.69) is 14.9 Å². The number of benzene rings is 2. The second kappa shape index (κ2) is 8.48. The normalized spacial score (nSPS) is 12.3. The van der Waals surface area contributed by atoms with Crippen LogP contribution in [0.2, 0.25) is 0 Å². The van der Waals surface area contributed by atoms with Crippen molar-refractivity contribution in [3.63, 3.8) is 0 Å². The van der Waals surface area contributed by atoms with E-state index in [0.717, 1.165) is 16.4 Å². The van der Waals surface area contributed by atoms with Crippen molar-refractivity contribution in [2.24, 2.45) is 0 Å². The monoisotopic (exact) mass is 412 g/mol. The van der Waals surface area contributed by atoms with E-state index in [1.54, 1.807) is 30.3 Å². The van der Waals surface area contributed by atoms with Crippen molar-refractivity contribution >= 4 is 29.0 Å². The molecule has 0 bridgehead atoms. The second-order valence-electron chi connectivity index (χ2n) is 7.47. The number of carbonyl (C=O) groups excluding carboxylic acids is 2. The van der Waals surface area contributed by atoms with Gasteiger partial charge < -0.3 is 5.32 Å². The molecule has 0 spiro atoms. The number of nitrogens with zero attached hydrogens (tertiary/aromatic N) is 3. The summed E-state index contributed by atoms with van der Waals surface area (Å²) in [5.41, 5.74) is 0.0381. The van der Waals surface area contributed by atoms with E-state index in [1.807, 2.05) is 26.8 Å². The average molecular weight is 412 g/mol. The molecular weight excluding hydrogens is 391 g/mol. The molecule has 0 saturated heterocycles. The molecule has 0 aliphatic heterocycles. The smallest absolute Gasteiger partial charge is 0.280 e. The molecule has 8 heteroatoms. The number of rotatable bonds is 5. The molecule has 1 aromatic heterocycles.